The van der Waals surface area contributed by atoms with Gasteiger partial charge >= 0.3 is 0 Å². The molecule has 0 bridgehead atoms. The Morgan fingerprint density at radius 3 is 2.41 bits per heavy atom. The lowest BCUT2D eigenvalue weighted by Gasteiger charge is -2.12. The van der Waals surface area contributed by atoms with E-state index >= 15 is 0 Å². The zero-order valence-corrected chi connectivity index (χ0v) is 16.6. The van der Waals surface area contributed by atoms with E-state index in [4.69, 9.17) is 0 Å². The number of nitro groups is 1. The maximum Gasteiger partial charge on any atom is 0.269 e. The maximum atomic E-state index is 12.3. The number of carbonyl (C=O) groups excluding carboxylic acids is 2. The van der Waals surface area contributed by atoms with Crippen molar-refractivity contribution in [3.8, 4) is 0 Å². The van der Waals surface area contributed by atoms with Gasteiger partial charge in [-0.05, 0) is 36.6 Å². The maximum absolute atomic E-state index is 12.3. The van der Waals surface area contributed by atoms with Gasteiger partial charge < -0.3 is 16.0 Å². The van der Waals surface area contributed by atoms with E-state index in [2.05, 4.69) is 16.0 Å². The van der Waals surface area contributed by atoms with Crippen molar-refractivity contribution < 1.29 is 14.5 Å². The molecule has 0 saturated heterocycles. The predicted molar refractivity (Wildman–Crippen MR) is 113 cm³/mol. The number of amides is 2. The molecular formula is C21H26N4O4. The first-order valence-corrected chi connectivity index (χ1v) is 9.52. The van der Waals surface area contributed by atoms with Crippen molar-refractivity contribution in [2.24, 2.45) is 5.92 Å². The van der Waals surface area contributed by atoms with Gasteiger partial charge in [-0.2, -0.15) is 0 Å². The first-order valence-electron chi connectivity index (χ1n) is 9.52. The number of hydrogen-bond donors (Lipinski definition) is 3. The molecule has 8 heteroatoms. The molecule has 0 aliphatic carbocycles. The largest absolute Gasteiger partial charge is 0.385 e. The highest BCUT2D eigenvalue weighted by molar-refractivity contribution is 6.03. The molecule has 154 valence electrons. The van der Waals surface area contributed by atoms with Crippen molar-refractivity contribution in [1.29, 1.82) is 0 Å². The highest BCUT2D eigenvalue weighted by atomic mass is 16.6. The van der Waals surface area contributed by atoms with E-state index in [0.29, 0.717) is 36.7 Å². The number of benzene rings is 2. The minimum absolute atomic E-state index is 0.0334. The first-order chi connectivity index (χ1) is 13.9. The van der Waals surface area contributed by atoms with Gasteiger partial charge in [-0.15, -0.1) is 0 Å². The van der Waals surface area contributed by atoms with Gasteiger partial charge in [-0.25, -0.2) is 0 Å². The van der Waals surface area contributed by atoms with Gasteiger partial charge in [0.2, 0.25) is 5.91 Å². The van der Waals surface area contributed by atoms with Crippen LogP contribution in [0.3, 0.4) is 0 Å². The summed E-state index contributed by atoms with van der Waals surface area (Å²) in [4.78, 5) is 34.8. The van der Waals surface area contributed by atoms with Gasteiger partial charge in [0.05, 0.1) is 16.2 Å². The Balaban J connectivity index is 1.80. The van der Waals surface area contributed by atoms with Gasteiger partial charge in [0, 0.05) is 37.3 Å². The third-order valence-corrected chi connectivity index (χ3v) is 4.10. The Kier molecular flexibility index (Phi) is 8.14. The predicted octanol–water partition coefficient (Wildman–Crippen LogP) is 3.81. The average molecular weight is 398 g/mol. The molecule has 2 aromatic rings. The summed E-state index contributed by atoms with van der Waals surface area (Å²) in [5.41, 5.74) is 1.71. The van der Waals surface area contributed by atoms with Crippen molar-refractivity contribution in [3.63, 3.8) is 0 Å². The van der Waals surface area contributed by atoms with Crippen LogP contribution in [-0.2, 0) is 4.79 Å². The van der Waals surface area contributed by atoms with Crippen LogP contribution in [-0.4, -0.2) is 29.8 Å². The molecule has 29 heavy (non-hydrogen) atoms. The third kappa shape index (κ3) is 7.25. The lowest BCUT2D eigenvalue weighted by Crippen LogP contribution is -2.28. The van der Waals surface area contributed by atoms with Crippen LogP contribution in [0.2, 0.25) is 0 Å². The van der Waals surface area contributed by atoms with Crippen LogP contribution < -0.4 is 16.0 Å². The molecule has 0 saturated carbocycles. The number of nitrogens with one attached hydrogen (secondary N) is 3. The monoisotopic (exact) mass is 398 g/mol. The molecule has 2 amide bonds. The normalized spacial score (nSPS) is 10.4. The van der Waals surface area contributed by atoms with Crippen LogP contribution in [0.4, 0.5) is 17.1 Å². The van der Waals surface area contributed by atoms with Crippen LogP contribution in [0.1, 0.15) is 37.0 Å². The van der Waals surface area contributed by atoms with Crippen molar-refractivity contribution in [2.45, 2.75) is 26.7 Å². The summed E-state index contributed by atoms with van der Waals surface area (Å²) >= 11 is 0. The van der Waals surface area contributed by atoms with Crippen molar-refractivity contribution in [2.75, 3.05) is 23.7 Å². The van der Waals surface area contributed by atoms with E-state index in [-0.39, 0.29) is 23.9 Å². The number of nitrogens with zero attached hydrogens (tertiary/aromatic N) is 1. The Bertz CT molecular complexity index is 850. The molecule has 0 aliphatic rings. The molecule has 0 aromatic heterocycles. The number of non-ortho nitro benzene ring substituents is 1. The van der Waals surface area contributed by atoms with Crippen LogP contribution in [0.15, 0.2) is 48.5 Å². The summed E-state index contributed by atoms with van der Waals surface area (Å²) in [6, 6.07) is 13.0. The van der Waals surface area contributed by atoms with E-state index in [1.54, 1.807) is 36.4 Å². The molecule has 2 rings (SSSR count). The molecule has 0 fully saturated rings. The molecule has 3 N–H and O–H groups in total. The zero-order chi connectivity index (χ0) is 21.2. The van der Waals surface area contributed by atoms with E-state index < -0.39 is 4.92 Å². The second-order valence-electron chi connectivity index (χ2n) is 7.03. The fourth-order valence-corrected chi connectivity index (χ4v) is 2.58. The molecular weight excluding hydrogens is 372 g/mol. The van der Waals surface area contributed by atoms with Gasteiger partial charge in [0.25, 0.3) is 11.6 Å². The smallest absolute Gasteiger partial charge is 0.269 e. The van der Waals surface area contributed by atoms with E-state index in [1.165, 1.54) is 12.1 Å². The molecule has 0 spiro atoms. The fourth-order valence-electron chi connectivity index (χ4n) is 2.58. The van der Waals surface area contributed by atoms with E-state index in [0.717, 1.165) is 5.69 Å². The summed E-state index contributed by atoms with van der Waals surface area (Å²) in [6.45, 7) is 5.13. The Labute approximate surface area is 169 Å². The molecule has 0 unspecified atom stereocenters. The van der Waals surface area contributed by atoms with Crippen molar-refractivity contribution >= 4 is 28.9 Å². The van der Waals surface area contributed by atoms with Gasteiger partial charge in [-0.1, -0.05) is 26.0 Å². The Hall–Kier alpha value is -3.42. The number of carbonyl (C=O) groups is 2. The molecule has 0 radical (unpaired) electrons. The molecule has 0 atom stereocenters. The van der Waals surface area contributed by atoms with Crippen molar-refractivity contribution in [3.05, 3.63) is 64.2 Å². The second kappa shape index (κ2) is 10.8. The topological polar surface area (TPSA) is 113 Å². The summed E-state index contributed by atoms with van der Waals surface area (Å²) in [7, 11) is 0. The highest BCUT2D eigenvalue weighted by Gasteiger charge is 2.13. The summed E-state index contributed by atoms with van der Waals surface area (Å²) in [5.74, 6) is -0.0574. The quantitative estimate of drug-likeness (QED) is 0.320. The summed E-state index contributed by atoms with van der Waals surface area (Å²) in [5, 5.41) is 19.4. The van der Waals surface area contributed by atoms with E-state index in [9.17, 15) is 19.7 Å². The average Bonchev–Trinajstić information content (AvgIpc) is 2.70. The van der Waals surface area contributed by atoms with Gasteiger partial charge in [0.15, 0.2) is 0 Å². The third-order valence-electron chi connectivity index (χ3n) is 4.10. The first kappa shape index (κ1) is 21.9. The minimum atomic E-state index is -0.449. The molecule has 0 aliphatic heterocycles. The van der Waals surface area contributed by atoms with Gasteiger partial charge in [0.1, 0.15) is 0 Å². The van der Waals surface area contributed by atoms with Crippen LogP contribution in [0.25, 0.3) is 0 Å². The fraction of sp³-hybridized carbons (Fsp3) is 0.333. The number of nitro benzene ring substituents is 1. The highest BCUT2D eigenvalue weighted by Crippen LogP contribution is 2.17. The number of para-hydroxylation sites is 1. The van der Waals surface area contributed by atoms with Crippen molar-refractivity contribution in [1.82, 2.24) is 5.32 Å². The summed E-state index contributed by atoms with van der Waals surface area (Å²) in [6.07, 6.45) is 0.854. The minimum Gasteiger partial charge on any atom is -0.385 e. The number of rotatable bonds is 10. The number of hydrogen-bond acceptors (Lipinski definition) is 5. The SMILES string of the molecule is CC(C)CNC(=O)c1ccccc1NC(=O)CCCNc1ccc([N+](=O)[O-])cc1. The van der Waals surface area contributed by atoms with Gasteiger partial charge in [-0.3, -0.25) is 19.7 Å². The van der Waals surface area contributed by atoms with Crippen LogP contribution in [0, 0.1) is 16.0 Å². The Morgan fingerprint density at radius 2 is 1.76 bits per heavy atom. The summed E-state index contributed by atoms with van der Waals surface area (Å²) < 4.78 is 0. The Morgan fingerprint density at radius 1 is 1.07 bits per heavy atom. The standard InChI is InChI=1S/C21H26N4O4/c1-15(2)14-23-21(27)18-6-3-4-7-19(18)24-20(26)8-5-13-22-16-9-11-17(12-10-16)25(28)29/h3-4,6-7,9-12,15,22H,5,8,13-14H2,1-2H3,(H,23,27)(H,24,26). The van der Waals surface area contributed by atoms with E-state index in [1.807, 2.05) is 13.8 Å². The molecule has 8 nitrogen and oxygen atoms in total. The lowest BCUT2D eigenvalue weighted by atomic mass is 10.1. The van der Waals surface area contributed by atoms with Crippen LogP contribution in [0.5, 0.6) is 0 Å². The second-order valence-corrected chi connectivity index (χ2v) is 7.03. The van der Waals surface area contributed by atoms with Crippen LogP contribution >= 0.6 is 0 Å². The molecule has 0 heterocycles. The number of anilines is 2. The zero-order valence-electron chi connectivity index (χ0n) is 16.6. The lowest BCUT2D eigenvalue weighted by molar-refractivity contribution is -0.384. The molecule has 2 aromatic carbocycles.